The Balaban J connectivity index is 1.26. The van der Waals surface area contributed by atoms with Crippen molar-refractivity contribution in [3.8, 4) is 0 Å². The second-order valence-corrected chi connectivity index (χ2v) is 16.9. The lowest BCUT2D eigenvalue weighted by Crippen LogP contribution is -2.61. The lowest BCUT2D eigenvalue weighted by atomic mass is 9.63. The average Bonchev–Trinajstić information content (AvgIpc) is 3.70. The van der Waals surface area contributed by atoms with Gasteiger partial charge in [-0.3, -0.25) is 4.79 Å². The van der Waals surface area contributed by atoms with Gasteiger partial charge in [0.25, 0.3) is 0 Å². The van der Waals surface area contributed by atoms with Gasteiger partial charge in [0.2, 0.25) is 0 Å². The molecule has 0 saturated heterocycles. The van der Waals surface area contributed by atoms with Gasteiger partial charge < -0.3 is 5.11 Å². The van der Waals surface area contributed by atoms with Gasteiger partial charge in [0.05, 0.1) is 25.9 Å². The quantitative estimate of drug-likeness (QED) is 0.531. The molecule has 2 aromatic rings. The van der Waals surface area contributed by atoms with Gasteiger partial charge in [-0.1, -0.05) is 42.5 Å². The van der Waals surface area contributed by atoms with Gasteiger partial charge in [-0.2, -0.15) is 0 Å². The molecule has 0 spiro atoms. The number of benzene rings is 2. The highest BCUT2D eigenvalue weighted by molar-refractivity contribution is 7.93. The van der Waals surface area contributed by atoms with E-state index >= 15 is 0 Å². The van der Waals surface area contributed by atoms with E-state index in [0.29, 0.717) is 6.42 Å². The zero-order valence-corrected chi connectivity index (χ0v) is 22.4. The molecule has 0 aliphatic heterocycles. The zero-order chi connectivity index (χ0) is 26.4. The number of Topliss-reactive ketones (excluding diaryl/α,β-unsaturated/α-hetero) is 1. The van der Waals surface area contributed by atoms with Crippen molar-refractivity contribution >= 4 is 25.5 Å². The number of hydrogen-bond acceptors (Lipinski definition) is 6. The minimum Gasteiger partial charge on any atom is -0.385 e. The second kappa shape index (κ2) is 7.07. The first-order valence-corrected chi connectivity index (χ1v) is 16.7. The number of ketones is 1. The fraction of sp³-hybridized carbons (Fsp3) is 0.500. The van der Waals surface area contributed by atoms with E-state index in [0.717, 1.165) is 0 Å². The maximum Gasteiger partial charge on any atom is 0.185 e. The predicted molar refractivity (Wildman–Crippen MR) is 139 cm³/mol. The van der Waals surface area contributed by atoms with E-state index in [9.17, 15) is 26.7 Å². The smallest absolute Gasteiger partial charge is 0.185 e. The van der Waals surface area contributed by atoms with Gasteiger partial charge in [-0.25, -0.2) is 16.8 Å². The maximum atomic E-state index is 14.5. The third-order valence-corrected chi connectivity index (χ3v) is 16.2. The number of fused-ring (bicyclic) bond motifs is 3. The van der Waals surface area contributed by atoms with Crippen LogP contribution in [0, 0.1) is 59.2 Å². The van der Waals surface area contributed by atoms with Crippen LogP contribution in [0.1, 0.15) is 12.8 Å². The van der Waals surface area contributed by atoms with Crippen molar-refractivity contribution < 1.29 is 26.7 Å². The molecule has 0 aromatic heterocycles. The van der Waals surface area contributed by atoms with Crippen LogP contribution in [0.15, 0.2) is 83.1 Å². The Morgan fingerprint density at radius 3 is 2.16 bits per heavy atom. The summed E-state index contributed by atoms with van der Waals surface area (Å²) in [7, 11) is -7.49. The van der Waals surface area contributed by atoms with Crippen LogP contribution < -0.4 is 0 Å². The minimum atomic E-state index is -3.93. The third-order valence-electron chi connectivity index (χ3n) is 11.8. The normalized spacial score (nSPS) is 46.9. The molecule has 0 radical (unpaired) electrons. The molecule has 1 N–H and O–H groups in total. The SMILES string of the molecule is C=C[C@]1(O)C2C(CCS(=O)(=O)c3ccccc3)C3C(=O)C4C5C6CC4(S(=O)(=O)c4ccccc4)C1C6C2C35. The van der Waals surface area contributed by atoms with Gasteiger partial charge in [-0.05, 0) is 78.5 Å². The summed E-state index contributed by atoms with van der Waals surface area (Å²) in [5.74, 6) is -2.14. The summed E-state index contributed by atoms with van der Waals surface area (Å²) in [6.07, 6.45) is 2.25. The van der Waals surface area contributed by atoms with Gasteiger partial charge in [-0.15, -0.1) is 6.58 Å². The van der Waals surface area contributed by atoms with Crippen LogP contribution >= 0.6 is 0 Å². The molecule has 6 nitrogen and oxygen atoms in total. The van der Waals surface area contributed by atoms with E-state index in [1.807, 2.05) is 0 Å². The molecule has 198 valence electrons. The van der Waals surface area contributed by atoms with E-state index < -0.39 is 47.8 Å². The Morgan fingerprint density at radius 2 is 1.53 bits per heavy atom. The number of hydrogen-bond donors (Lipinski definition) is 1. The molecule has 2 aromatic carbocycles. The highest BCUT2D eigenvalue weighted by Crippen LogP contribution is 2.87. The van der Waals surface area contributed by atoms with Crippen LogP contribution in [0.4, 0.5) is 0 Å². The fourth-order valence-electron chi connectivity index (χ4n) is 11.3. The number of rotatable bonds is 7. The van der Waals surface area contributed by atoms with Crippen LogP contribution in [0.2, 0.25) is 0 Å². The summed E-state index contributed by atoms with van der Waals surface area (Å²) in [5, 5.41) is 12.4. The molecule has 38 heavy (non-hydrogen) atoms. The topological polar surface area (TPSA) is 106 Å². The predicted octanol–water partition coefficient (Wildman–Crippen LogP) is 3.18. The minimum absolute atomic E-state index is 0.00544. The van der Waals surface area contributed by atoms with Crippen LogP contribution in [-0.2, 0) is 24.5 Å². The van der Waals surface area contributed by atoms with Gasteiger partial charge in [0.15, 0.2) is 19.7 Å². The first-order valence-electron chi connectivity index (χ1n) is 13.6. The molecular formula is C30H30O6S2. The molecule has 8 heteroatoms. The Hall–Kier alpha value is -2.29. The van der Waals surface area contributed by atoms with E-state index in [2.05, 4.69) is 6.58 Å². The summed E-state index contributed by atoms with van der Waals surface area (Å²) in [5.41, 5.74) is -1.45. The molecule has 6 aliphatic rings. The zero-order valence-electron chi connectivity index (χ0n) is 20.8. The number of sulfone groups is 2. The van der Waals surface area contributed by atoms with Gasteiger partial charge in [0, 0.05) is 17.8 Å². The molecule has 0 heterocycles. The highest BCUT2D eigenvalue weighted by Gasteiger charge is 2.92. The number of aliphatic hydroxyl groups is 1. The van der Waals surface area contributed by atoms with Crippen molar-refractivity contribution in [1.29, 1.82) is 0 Å². The molecule has 6 saturated carbocycles. The Kier molecular flexibility index (Phi) is 4.39. The van der Waals surface area contributed by atoms with Crippen molar-refractivity contribution in [2.45, 2.75) is 33.0 Å². The molecule has 12 atom stereocenters. The summed E-state index contributed by atoms with van der Waals surface area (Å²) in [6.45, 7) is 4.01. The molecule has 6 fully saturated rings. The first-order chi connectivity index (χ1) is 18.1. The summed E-state index contributed by atoms with van der Waals surface area (Å²) in [4.78, 5) is 14.8. The number of carbonyl (C=O) groups is 1. The van der Waals surface area contributed by atoms with Crippen LogP contribution in [0.5, 0.6) is 0 Å². The molecule has 6 aliphatic carbocycles. The first kappa shape index (κ1) is 23.6. The second-order valence-electron chi connectivity index (χ2n) is 12.5. The number of carbonyl (C=O) groups excluding carboxylic acids is 1. The van der Waals surface area contributed by atoms with Crippen molar-refractivity contribution in [2.75, 3.05) is 5.75 Å². The van der Waals surface area contributed by atoms with Crippen molar-refractivity contribution in [3.05, 3.63) is 73.3 Å². The molecule has 8 rings (SSSR count). The lowest BCUT2D eigenvalue weighted by molar-refractivity contribution is -0.132. The Labute approximate surface area is 223 Å². The standard InChI is InChI=1S/C30H30O6S2/c1-2-29(32)25-18(13-14-37(33,34)16-9-5-3-6-10-16)21-23-20-19-15-30(26(20)27(21)31,28(29)22(19)24(23)25)38(35,36)17-11-7-4-8-12-17/h2-12,18-26,28,32H,1,13-15H2/t18?,19?,20?,21?,22?,23?,24?,25?,26?,28?,29-,30?/m0/s1. The third kappa shape index (κ3) is 2.32. The molecule has 11 unspecified atom stereocenters. The Morgan fingerprint density at radius 1 is 0.895 bits per heavy atom. The van der Waals surface area contributed by atoms with Gasteiger partial charge >= 0.3 is 0 Å². The average molecular weight is 551 g/mol. The van der Waals surface area contributed by atoms with Crippen molar-refractivity contribution in [3.63, 3.8) is 0 Å². The largest absolute Gasteiger partial charge is 0.385 e. The van der Waals surface area contributed by atoms with E-state index in [1.165, 1.54) is 0 Å². The highest BCUT2D eigenvalue weighted by atomic mass is 32.2. The van der Waals surface area contributed by atoms with Crippen molar-refractivity contribution in [1.82, 2.24) is 0 Å². The summed E-state index contributed by atoms with van der Waals surface area (Å²) < 4.78 is 54.0. The van der Waals surface area contributed by atoms with E-state index in [4.69, 9.17) is 0 Å². The maximum absolute atomic E-state index is 14.5. The monoisotopic (exact) mass is 550 g/mol. The Bertz CT molecular complexity index is 1600. The van der Waals surface area contributed by atoms with Gasteiger partial charge in [0.1, 0.15) is 5.78 Å². The summed E-state index contributed by atoms with van der Waals surface area (Å²) >= 11 is 0. The molecule has 2 bridgehead atoms. The van der Waals surface area contributed by atoms with Crippen LogP contribution in [0.25, 0.3) is 0 Å². The lowest BCUT2D eigenvalue weighted by Gasteiger charge is -2.49. The van der Waals surface area contributed by atoms with Crippen molar-refractivity contribution in [2.24, 2.45) is 59.2 Å². The van der Waals surface area contributed by atoms with E-state index in [-0.39, 0.29) is 69.2 Å². The molecular weight excluding hydrogens is 520 g/mol. The molecule has 0 amide bonds. The van der Waals surface area contributed by atoms with Crippen LogP contribution in [-0.4, -0.2) is 43.8 Å². The fourth-order valence-corrected chi connectivity index (χ4v) is 15.3. The summed E-state index contributed by atoms with van der Waals surface area (Å²) in [6, 6.07) is 16.7. The van der Waals surface area contributed by atoms with Crippen LogP contribution in [0.3, 0.4) is 0 Å². The van der Waals surface area contributed by atoms with E-state index in [1.54, 1.807) is 66.7 Å².